The highest BCUT2D eigenvalue weighted by Crippen LogP contribution is 2.28. The third-order valence-electron chi connectivity index (χ3n) is 5.07. The summed E-state index contributed by atoms with van der Waals surface area (Å²) in [5, 5.41) is 7.05. The molecular weight excluding hydrogens is 372 g/mol. The predicted octanol–water partition coefficient (Wildman–Crippen LogP) is 3.65. The Morgan fingerprint density at radius 3 is 2.54 bits per heavy atom. The molecule has 0 saturated carbocycles. The zero-order chi connectivity index (χ0) is 19.9. The van der Waals surface area contributed by atoms with Gasteiger partial charge in [0.05, 0.1) is 17.1 Å². The van der Waals surface area contributed by atoms with Crippen molar-refractivity contribution in [1.82, 2.24) is 14.7 Å². The second-order valence-electron chi connectivity index (χ2n) is 7.00. The predicted molar refractivity (Wildman–Crippen MR) is 112 cm³/mol. The van der Waals surface area contributed by atoms with Crippen molar-refractivity contribution in [2.24, 2.45) is 5.92 Å². The van der Waals surface area contributed by atoms with Gasteiger partial charge in [0.25, 0.3) is 0 Å². The smallest absolute Gasteiger partial charge is 0.236 e. The van der Waals surface area contributed by atoms with Crippen LogP contribution in [-0.4, -0.2) is 44.8 Å². The SMILES string of the molecule is CCC(Sc1ccccc1)C(=O)N1CCC(C(=O)Nc2cnn(CC)c2)CC1. The number of nitrogens with one attached hydrogen (secondary N) is 1. The molecular formula is C21H28N4O2S. The Balaban J connectivity index is 1.50. The maximum absolute atomic E-state index is 12.9. The van der Waals surface area contributed by atoms with Gasteiger partial charge in [-0.15, -0.1) is 11.8 Å². The van der Waals surface area contributed by atoms with Crippen molar-refractivity contribution in [3.05, 3.63) is 42.7 Å². The van der Waals surface area contributed by atoms with Crippen LogP contribution in [0.3, 0.4) is 0 Å². The molecule has 1 aliphatic heterocycles. The highest BCUT2D eigenvalue weighted by atomic mass is 32.2. The van der Waals surface area contributed by atoms with E-state index in [0.29, 0.717) is 25.9 Å². The first kappa shape index (κ1) is 20.5. The molecule has 1 aliphatic rings. The van der Waals surface area contributed by atoms with E-state index in [1.807, 2.05) is 48.4 Å². The summed E-state index contributed by atoms with van der Waals surface area (Å²) in [6.07, 6.45) is 5.70. The van der Waals surface area contributed by atoms with Gasteiger partial charge < -0.3 is 10.2 Å². The van der Waals surface area contributed by atoms with Crippen LogP contribution in [-0.2, 0) is 16.1 Å². The Kier molecular flexibility index (Phi) is 7.14. The van der Waals surface area contributed by atoms with Crippen molar-refractivity contribution < 1.29 is 9.59 Å². The van der Waals surface area contributed by atoms with Crippen LogP contribution in [0.15, 0.2) is 47.6 Å². The number of carbonyl (C=O) groups excluding carboxylic acids is 2. The molecule has 1 N–H and O–H groups in total. The van der Waals surface area contributed by atoms with E-state index < -0.39 is 0 Å². The number of hydrogen-bond acceptors (Lipinski definition) is 4. The molecule has 0 radical (unpaired) electrons. The number of nitrogens with zero attached hydrogens (tertiary/aromatic N) is 3. The van der Waals surface area contributed by atoms with E-state index in [1.54, 1.807) is 22.6 Å². The van der Waals surface area contributed by atoms with Gasteiger partial charge in [0.15, 0.2) is 0 Å². The van der Waals surface area contributed by atoms with Gasteiger partial charge in [-0.05, 0) is 38.3 Å². The minimum absolute atomic E-state index is 0.0217. The summed E-state index contributed by atoms with van der Waals surface area (Å²) >= 11 is 1.62. The summed E-state index contributed by atoms with van der Waals surface area (Å²) in [4.78, 5) is 28.5. The molecule has 2 aromatic rings. The number of anilines is 1. The molecule has 1 atom stereocenters. The number of amides is 2. The lowest BCUT2D eigenvalue weighted by Crippen LogP contribution is -2.44. The van der Waals surface area contributed by atoms with Crippen molar-refractivity contribution in [1.29, 1.82) is 0 Å². The molecule has 28 heavy (non-hydrogen) atoms. The van der Waals surface area contributed by atoms with Crippen molar-refractivity contribution in [2.45, 2.75) is 49.8 Å². The number of aromatic nitrogens is 2. The molecule has 1 saturated heterocycles. The Hall–Kier alpha value is -2.28. The lowest BCUT2D eigenvalue weighted by atomic mass is 9.95. The van der Waals surface area contributed by atoms with E-state index in [2.05, 4.69) is 17.3 Å². The van der Waals surface area contributed by atoms with Crippen LogP contribution in [0.2, 0.25) is 0 Å². The number of thioether (sulfide) groups is 1. The lowest BCUT2D eigenvalue weighted by Gasteiger charge is -2.33. The summed E-state index contributed by atoms with van der Waals surface area (Å²) < 4.78 is 1.78. The first-order valence-corrected chi connectivity index (χ1v) is 10.8. The van der Waals surface area contributed by atoms with Crippen LogP contribution in [0.25, 0.3) is 0 Å². The Morgan fingerprint density at radius 2 is 1.93 bits per heavy atom. The normalized spacial score (nSPS) is 16.0. The first-order chi connectivity index (χ1) is 13.6. The van der Waals surface area contributed by atoms with Crippen molar-refractivity contribution in [3.63, 3.8) is 0 Å². The fourth-order valence-corrected chi connectivity index (χ4v) is 4.44. The van der Waals surface area contributed by atoms with Crippen LogP contribution in [0.5, 0.6) is 0 Å². The second kappa shape index (κ2) is 9.78. The molecule has 0 aliphatic carbocycles. The fraction of sp³-hybridized carbons (Fsp3) is 0.476. The largest absolute Gasteiger partial charge is 0.342 e. The number of benzene rings is 1. The van der Waals surface area contributed by atoms with Crippen LogP contribution in [0, 0.1) is 5.92 Å². The first-order valence-electron chi connectivity index (χ1n) is 9.94. The van der Waals surface area contributed by atoms with Crippen molar-refractivity contribution in [2.75, 3.05) is 18.4 Å². The van der Waals surface area contributed by atoms with Crippen molar-refractivity contribution in [3.8, 4) is 0 Å². The molecule has 1 aromatic heterocycles. The topological polar surface area (TPSA) is 67.2 Å². The number of piperidine rings is 1. The van der Waals surface area contributed by atoms with Crippen LogP contribution in [0.4, 0.5) is 5.69 Å². The van der Waals surface area contributed by atoms with Crippen LogP contribution >= 0.6 is 11.8 Å². The third kappa shape index (κ3) is 5.16. The molecule has 1 aromatic carbocycles. The highest BCUT2D eigenvalue weighted by molar-refractivity contribution is 8.00. The van der Waals surface area contributed by atoms with Gasteiger partial charge in [-0.3, -0.25) is 14.3 Å². The summed E-state index contributed by atoms with van der Waals surface area (Å²) in [5.74, 6) is 0.142. The quantitative estimate of drug-likeness (QED) is 0.721. The average molecular weight is 401 g/mol. The molecule has 2 amide bonds. The molecule has 6 nitrogen and oxygen atoms in total. The average Bonchev–Trinajstić information content (AvgIpc) is 3.20. The molecule has 2 heterocycles. The molecule has 150 valence electrons. The number of hydrogen-bond donors (Lipinski definition) is 1. The van der Waals surface area contributed by atoms with E-state index in [0.717, 1.165) is 23.5 Å². The van der Waals surface area contributed by atoms with Gasteiger partial charge in [0, 0.05) is 36.6 Å². The highest BCUT2D eigenvalue weighted by Gasteiger charge is 2.30. The minimum Gasteiger partial charge on any atom is -0.342 e. The van der Waals surface area contributed by atoms with E-state index >= 15 is 0 Å². The van der Waals surface area contributed by atoms with Crippen LogP contribution < -0.4 is 5.32 Å². The molecule has 0 spiro atoms. The summed E-state index contributed by atoms with van der Waals surface area (Å²) in [5.41, 5.74) is 0.732. The van der Waals surface area contributed by atoms with Crippen molar-refractivity contribution >= 4 is 29.3 Å². The van der Waals surface area contributed by atoms with Gasteiger partial charge >= 0.3 is 0 Å². The van der Waals surface area contributed by atoms with Gasteiger partial charge in [-0.2, -0.15) is 5.10 Å². The minimum atomic E-state index is -0.0762. The zero-order valence-electron chi connectivity index (χ0n) is 16.5. The Bertz CT molecular complexity index is 785. The van der Waals surface area contributed by atoms with E-state index in [4.69, 9.17) is 0 Å². The van der Waals surface area contributed by atoms with Crippen LogP contribution in [0.1, 0.15) is 33.1 Å². The molecule has 7 heteroatoms. The third-order valence-corrected chi connectivity index (χ3v) is 6.43. The summed E-state index contributed by atoms with van der Waals surface area (Å²) in [6, 6.07) is 10.0. The number of aryl methyl sites for hydroxylation is 1. The molecule has 0 bridgehead atoms. The molecule has 1 unspecified atom stereocenters. The number of carbonyl (C=O) groups is 2. The standard InChI is InChI=1S/C21H28N4O2S/c1-3-19(28-18-8-6-5-7-9-18)21(27)24-12-10-16(11-13-24)20(26)23-17-14-22-25(4-2)15-17/h5-9,14-16,19H,3-4,10-13H2,1-2H3,(H,23,26). The van der Waals surface area contributed by atoms with Gasteiger partial charge in [0.1, 0.15) is 0 Å². The second-order valence-corrected chi connectivity index (χ2v) is 8.28. The molecule has 1 fully saturated rings. The Labute approximate surface area is 170 Å². The lowest BCUT2D eigenvalue weighted by molar-refractivity contribution is -0.134. The fourth-order valence-electron chi connectivity index (χ4n) is 3.38. The Morgan fingerprint density at radius 1 is 1.21 bits per heavy atom. The number of likely N-dealkylation sites (tertiary alicyclic amines) is 1. The van der Waals surface area contributed by atoms with E-state index in [9.17, 15) is 9.59 Å². The molecule has 3 rings (SSSR count). The maximum Gasteiger partial charge on any atom is 0.236 e. The summed E-state index contributed by atoms with van der Waals surface area (Å²) in [7, 11) is 0. The monoisotopic (exact) mass is 400 g/mol. The number of rotatable bonds is 7. The van der Waals surface area contributed by atoms with Gasteiger partial charge in [-0.25, -0.2) is 0 Å². The van der Waals surface area contributed by atoms with Gasteiger partial charge in [0.2, 0.25) is 11.8 Å². The zero-order valence-corrected chi connectivity index (χ0v) is 17.3. The summed E-state index contributed by atoms with van der Waals surface area (Å²) in [6.45, 7) is 6.10. The maximum atomic E-state index is 12.9. The van der Waals surface area contributed by atoms with E-state index in [-0.39, 0.29) is 23.0 Å². The van der Waals surface area contributed by atoms with Gasteiger partial charge in [-0.1, -0.05) is 25.1 Å². The van der Waals surface area contributed by atoms with E-state index in [1.165, 1.54) is 0 Å².